The number of amides is 1. The molecule has 2 aromatic carbocycles. The molecule has 0 bridgehead atoms. The molecule has 216 valence electrons. The molecule has 1 amide bonds. The molecule has 6 rings (SSSR count). The summed E-state index contributed by atoms with van der Waals surface area (Å²) in [6.07, 6.45) is 2.98. The van der Waals surface area contributed by atoms with Crippen LogP contribution in [0.4, 0.5) is 19.4 Å². The second-order valence-corrected chi connectivity index (χ2v) is 12.1. The Balaban J connectivity index is 1.44. The van der Waals surface area contributed by atoms with Crippen molar-refractivity contribution < 1.29 is 18.3 Å². The lowest BCUT2D eigenvalue weighted by molar-refractivity contribution is 0.0145. The van der Waals surface area contributed by atoms with Crippen LogP contribution in [-0.2, 0) is 4.74 Å². The van der Waals surface area contributed by atoms with E-state index in [1.165, 1.54) is 12.3 Å². The monoisotopic (exact) mass is 590 g/mol. The van der Waals surface area contributed by atoms with E-state index in [1.54, 1.807) is 49.9 Å². The van der Waals surface area contributed by atoms with E-state index >= 15 is 4.39 Å². The van der Waals surface area contributed by atoms with Gasteiger partial charge in [-0.25, -0.2) is 23.5 Å². The minimum Gasteiger partial charge on any atom is -0.444 e. The number of piperazine rings is 1. The first-order valence-electron chi connectivity index (χ1n) is 13.9. The highest BCUT2D eigenvalue weighted by molar-refractivity contribution is 6.36. The number of aromatic nitrogens is 3. The van der Waals surface area contributed by atoms with Gasteiger partial charge in [0.15, 0.2) is 5.82 Å². The number of anilines is 1. The first-order valence-corrected chi connectivity index (χ1v) is 14.3. The van der Waals surface area contributed by atoms with Gasteiger partial charge in [0, 0.05) is 42.7 Å². The molecule has 1 saturated carbocycles. The molecular formula is C31H29ClF2N6O2. The maximum atomic E-state index is 16.4. The lowest BCUT2D eigenvalue weighted by Crippen LogP contribution is -2.56. The van der Waals surface area contributed by atoms with E-state index in [2.05, 4.69) is 16.0 Å². The van der Waals surface area contributed by atoms with Crippen molar-refractivity contribution >= 4 is 45.2 Å². The number of nitriles is 1. The maximum absolute atomic E-state index is 16.4. The van der Waals surface area contributed by atoms with Gasteiger partial charge in [-0.15, -0.1) is 0 Å². The first-order chi connectivity index (χ1) is 20.1. The highest BCUT2D eigenvalue weighted by Crippen LogP contribution is 2.42. The van der Waals surface area contributed by atoms with Crippen LogP contribution in [0.25, 0.3) is 32.9 Å². The van der Waals surface area contributed by atoms with Crippen LogP contribution in [0.15, 0.2) is 36.5 Å². The molecule has 0 N–H and O–H groups in total. The number of ether oxygens (including phenoxy) is 1. The van der Waals surface area contributed by atoms with Crippen molar-refractivity contribution in [3.63, 3.8) is 0 Å². The second kappa shape index (κ2) is 10.6. The highest BCUT2D eigenvalue weighted by atomic mass is 35.5. The molecule has 1 aliphatic heterocycles. The van der Waals surface area contributed by atoms with Crippen molar-refractivity contribution in [2.24, 2.45) is 0 Å². The summed E-state index contributed by atoms with van der Waals surface area (Å²) < 4.78 is 36.4. The van der Waals surface area contributed by atoms with Gasteiger partial charge in [0.25, 0.3) is 0 Å². The molecule has 8 nitrogen and oxygen atoms in total. The van der Waals surface area contributed by atoms with Gasteiger partial charge in [-0.3, -0.25) is 4.98 Å². The summed E-state index contributed by atoms with van der Waals surface area (Å²) in [5.41, 5.74) is -0.175. The zero-order chi connectivity index (χ0) is 29.8. The van der Waals surface area contributed by atoms with Gasteiger partial charge in [-0.1, -0.05) is 35.9 Å². The molecule has 11 heteroatoms. The Morgan fingerprint density at radius 3 is 2.67 bits per heavy atom. The normalized spacial score (nSPS) is 17.5. The molecule has 0 unspecified atom stereocenters. The van der Waals surface area contributed by atoms with Crippen LogP contribution in [0.5, 0.6) is 0 Å². The van der Waals surface area contributed by atoms with Gasteiger partial charge in [0.05, 0.1) is 28.9 Å². The van der Waals surface area contributed by atoms with Crippen molar-refractivity contribution in [2.75, 3.05) is 24.5 Å². The van der Waals surface area contributed by atoms with Crippen molar-refractivity contribution in [1.82, 2.24) is 19.9 Å². The third-order valence-corrected chi connectivity index (χ3v) is 7.92. The maximum Gasteiger partial charge on any atom is 0.410 e. The minimum absolute atomic E-state index is 0.0177. The van der Waals surface area contributed by atoms with Crippen LogP contribution in [0, 0.1) is 23.0 Å². The zero-order valence-corrected chi connectivity index (χ0v) is 24.3. The van der Waals surface area contributed by atoms with Crippen molar-refractivity contribution in [1.29, 1.82) is 5.26 Å². The van der Waals surface area contributed by atoms with Crippen molar-refractivity contribution in [3.8, 4) is 17.3 Å². The summed E-state index contributed by atoms with van der Waals surface area (Å²) in [7, 11) is 0. The second-order valence-electron chi connectivity index (χ2n) is 11.8. The fourth-order valence-electron chi connectivity index (χ4n) is 5.41. The number of carbonyl (C=O) groups excluding carboxylic acids is 1. The SMILES string of the molecule is CC(C)(C)OC(=O)N1CCN(c2nc(C3CC3)nc3c(F)c(-c4cccc5ccc(F)c(Cl)c45)ncc23)C[C@@H]1CC#N. The van der Waals surface area contributed by atoms with Gasteiger partial charge >= 0.3 is 6.09 Å². The number of rotatable bonds is 4. The lowest BCUT2D eigenvalue weighted by Gasteiger charge is -2.41. The average molecular weight is 591 g/mol. The molecule has 42 heavy (non-hydrogen) atoms. The number of hydrogen-bond acceptors (Lipinski definition) is 7. The molecule has 1 saturated heterocycles. The predicted molar refractivity (Wildman–Crippen MR) is 156 cm³/mol. The number of benzene rings is 2. The molecule has 1 aliphatic carbocycles. The lowest BCUT2D eigenvalue weighted by atomic mass is 10.0. The van der Waals surface area contributed by atoms with Gasteiger partial charge in [0.1, 0.15) is 34.3 Å². The number of hydrogen-bond donors (Lipinski definition) is 0. The van der Waals surface area contributed by atoms with E-state index in [4.69, 9.17) is 21.3 Å². The quantitative estimate of drug-likeness (QED) is 0.253. The molecule has 2 aromatic heterocycles. The molecule has 0 radical (unpaired) electrons. The highest BCUT2D eigenvalue weighted by Gasteiger charge is 2.36. The van der Waals surface area contributed by atoms with E-state index in [1.807, 2.05) is 4.90 Å². The van der Waals surface area contributed by atoms with Gasteiger partial charge in [-0.05, 0) is 45.1 Å². The standard InChI is InChI=1S/C31H29ClF2N6O2/c1-31(2,3)42-30(41)40-14-13-39(16-19(40)11-12-35)29-21-15-36-26(25(34)27(21)37-28(38-29)18-7-8-18)20-6-4-5-17-9-10-22(33)24(32)23(17)20/h4-6,9-10,15,18-19H,7-8,11,13-14,16H2,1-3H3/t19-/m0/s1. The number of nitrogens with zero attached hydrogens (tertiary/aromatic N) is 6. The molecule has 0 spiro atoms. The molecule has 4 aromatic rings. The first kappa shape index (κ1) is 28.0. The van der Waals surface area contributed by atoms with Crippen LogP contribution in [0.3, 0.4) is 0 Å². The van der Waals surface area contributed by atoms with Crippen LogP contribution in [-0.4, -0.2) is 57.2 Å². The topological polar surface area (TPSA) is 95.2 Å². The zero-order valence-electron chi connectivity index (χ0n) is 23.5. The Morgan fingerprint density at radius 2 is 1.95 bits per heavy atom. The van der Waals surface area contributed by atoms with E-state index in [0.717, 1.165) is 12.8 Å². The average Bonchev–Trinajstić information content (AvgIpc) is 3.80. The van der Waals surface area contributed by atoms with Crippen LogP contribution >= 0.6 is 11.6 Å². The fourth-order valence-corrected chi connectivity index (χ4v) is 5.68. The Morgan fingerprint density at radius 1 is 1.17 bits per heavy atom. The molecule has 2 aliphatic rings. The summed E-state index contributed by atoms with van der Waals surface area (Å²) in [4.78, 5) is 30.4. The Bertz CT molecular complexity index is 1770. The van der Waals surface area contributed by atoms with Gasteiger partial charge in [0.2, 0.25) is 0 Å². The van der Waals surface area contributed by atoms with E-state index < -0.39 is 29.4 Å². The van der Waals surface area contributed by atoms with Gasteiger partial charge < -0.3 is 14.5 Å². The largest absolute Gasteiger partial charge is 0.444 e. The number of pyridine rings is 1. The molecule has 1 atom stereocenters. The van der Waals surface area contributed by atoms with Crippen LogP contribution < -0.4 is 4.90 Å². The summed E-state index contributed by atoms with van der Waals surface area (Å²) in [6, 6.07) is 9.80. The predicted octanol–water partition coefficient (Wildman–Crippen LogP) is 6.99. The number of halogens is 3. The Hall–Kier alpha value is -4.10. The summed E-state index contributed by atoms with van der Waals surface area (Å²) in [5.74, 6) is -0.0680. The van der Waals surface area contributed by atoms with E-state index in [9.17, 15) is 14.4 Å². The fraction of sp³-hybridized carbons (Fsp3) is 0.387. The Kier molecular flexibility index (Phi) is 7.09. The Labute approximate surface area is 246 Å². The van der Waals surface area contributed by atoms with Crippen LogP contribution in [0.1, 0.15) is 51.8 Å². The van der Waals surface area contributed by atoms with E-state index in [-0.39, 0.29) is 28.6 Å². The molecule has 2 fully saturated rings. The summed E-state index contributed by atoms with van der Waals surface area (Å²) in [5, 5.41) is 10.9. The third kappa shape index (κ3) is 5.18. The minimum atomic E-state index is -0.672. The third-order valence-electron chi connectivity index (χ3n) is 7.55. The molecular weight excluding hydrogens is 562 g/mol. The summed E-state index contributed by atoms with van der Waals surface area (Å²) >= 11 is 6.34. The summed E-state index contributed by atoms with van der Waals surface area (Å²) in [6.45, 7) is 6.41. The number of fused-ring (bicyclic) bond motifs is 2. The molecule has 3 heterocycles. The van der Waals surface area contributed by atoms with Crippen molar-refractivity contribution in [2.45, 2.75) is 57.6 Å². The van der Waals surface area contributed by atoms with Gasteiger partial charge in [-0.2, -0.15) is 5.26 Å². The van der Waals surface area contributed by atoms with Crippen molar-refractivity contribution in [3.05, 3.63) is 59.0 Å². The van der Waals surface area contributed by atoms with E-state index in [0.29, 0.717) is 53.0 Å². The van der Waals surface area contributed by atoms with Crippen LogP contribution in [0.2, 0.25) is 5.02 Å². The number of carbonyl (C=O) groups is 1. The smallest absolute Gasteiger partial charge is 0.410 e.